The van der Waals surface area contributed by atoms with Gasteiger partial charge in [0.15, 0.2) is 0 Å². The van der Waals surface area contributed by atoms with Crippen molar-refractivity contribution in [1.29, 1.82) is 0 Å². The average Bonchev–Trinajstić information content (AvgIpc) is 2.98. The van der Waals surface area contributed by atoms with Crippen LogP contribution in [0.2, 0.25) is 0 Å². The lowest BCUT2D eigenvalue weighted by Crippen LogP contribution is -2.42. The third kappa shape index (κ3) is 4.18. The van der Waals surface area contributed by atoms with Gasteiger partial charge in [-0.15, -0.1) is 11.3 Å². The van der Waals surface area contributed by atoms with E-state index < -0.39 is 0 Å². The molecule has 1 aromatic heterocycles. The number of thiophene rings is 1. The zero-order valence-corrected chi connectivity index (χ0v) is 12.7. The zero-order chi connectivity index (χ0) is 14.4. The van der Waals surface area contributed by atoms with E-state index in [2.05, 4.69) is 22.3 Å². The van der Waals surface area contributed by atoms with Crippen LogP contribution >= 0.6 is 11.3 Å². The van der Waals surface area contributed by atoms with Crippen molar-refractivity contribution in [1.82, 2.24) is 10.2 Å². The fraction of sp³-hybridized carbons (Fsp3) is 0.312. The Labute approximate surface area is 124 Å². The molecule has 0 fully saturated rings. The van der Waals surface area contributed by atoms with Crippen molar-refractivity contribution in [2.75, 3.05) is 7.05 Å². The van der Waals surface area contributed by atoms with Gasteiger partial charge in [0.1, 0.15) is 0 Å². The van der Waals surface area contributed by atoms with Crippen molar-refractivity contribution >= 4 is 17.2 Å². The number of hydrogen-bond acceptors (Lipinski definition) is 3. The van der Waals surface area contributed by atoms with E-state index in [-0.39, 0.29) is 11.9 Å². The molecule has 0 unspecified atom stereocenters. The van der Waals surface area contributed by atoms with Gasteiger partial charge in [-0.2, -0.15) is 0 Å². The normalized spacial score (nSPS) is 12.3. The highest BCUT2D eigenvalue weighted by Gasteiger charge is 2.17. The maximum atomic E-state index is 12.1. The van der Waals surface area contributed by atoms with E-state index in [1.807, 2.05) is 49.7 Å². The van der Waals surface area contributed by atoms with Gasteiger partial charge in [-0.25, -0.2) is 0 Å². The molecule has 106 valence electrons. The maximum Gasteiger partial charge on any atom is 0.237 e. The fourth-order valence-corrected chi connectivity index (χ4v) is 2.59. The molecular formula is C16H20N2OS. The number of likely N-dealkylation sites (N-methyl/N-ethyl adjacent to an activating group) is 1. The van der Waals surface area contributed by atoms with Gasteiger partial charge in [0.05, 0.1) is 12.6 Å². The number of benzene rings is 1. The summed E-state index contributed by atoms with van der Waals surface area (Å²) in [7, 11) is 1.97. The fourth-order valence-electron chi connectivity index (χ4n) is 1.94. The quantitative estimate of drug-likeness (QED) is 0.886. The Hall–Kier alpha value is -1.65. The molecule has 2 aromatic rings. The van der Waals surface area contributed by atoms with E-state index in [1.165, 1.54) is 10.4 Å². The van der Waals surface area contributed by atoms with Crippen LogP contribution in [0.3, 0.4) is 0 Å². The van der Waals surface area contributed by atoms with Gasteiger partial charge in [-0.3, -0.25) is 9.69 Å². The molecule has 0 radical (unpaired) electrons. The highest BCUT2D eigenvalue weighted by atomic mass is 32.1. The second-order valence-electron chi connectivity index (χ2n) is 4.87. The molecule has 1 atom stereocenters. The monoisotopic (exact) mass is 288 g/mol. The molecule has 0 aliphatic carbocycles. The molecule has 1 N–H and O–H groups in total. The first kappa shape index (κ1) is 14.8. The van der Waals surface area contributed by atoms with E-state index in [0.29, 0.717) is 6.54 Å². The van der Waals surface area contributed by atoms with Crippen molar-refractivity contribution in [2.24, 2.45) is 0 Å². The SMILES string of the molecule is C[C@@H](C(=O)NCc1cccs1)N(C)Cc1ccccc1. The molecule has 0 spiro atoms. The maximum absolute atomic E-state index is 12.1. The summed E-state index contributed by atoms with van der Waals surface area (Å²) in [6.45, 7) is 3.32. The van der Waals surface area contributed by atoms with Crippen molar-refractivity contribution in [3.63, 3.8) is 0 Å². The van der Waals surface area contributed by atoms with Crippen LogP contribution in [-0.2, 0) is 17.9 Å². The van der Waals surface area contributed by atoms with Gasteiger partial charge in [0, 0.05) is 11.4 Å². The Kier molecular flexibility index (Phi) is 5.32. The van der Waals surface area contributed by atoms with Crippen LogP contribution in [0.25, 0.3) is 0 Å². The standard InChI is InChI=1S/C16H20N2OS/c1-13(16(19)17-11-15-9-6-10-20-15)18(2)12-14-7-4-3-5-8-14/h3-10,13H,11-12H2,1-2H3,(H,17,19)/t13-/m0/s1. The lowest BCUT2D eigenvalue weighted by Gasteiger charge is -2.23. The van der Waals surface area contributed by atoms with Crippen LogP contribution in [0.4, 0.5) is 0 Å². The molecule has 1 aromatic carbocycles. The molecule has 1 heterocycles. The lowest BCUT2D eigenvalue weighted by atomic mass is 10.2. The molecular weight excluding hydrogens is 268 g/mol. The van der Waals surface area contributed by atoms with E-state index in [4.69, 9.17) is 0 Å². The molecule has 0 saturated carbocycles. The van der Waals surface area contributed by atoms with Gasteiger partial charge < -0.3 is 5.32 Å². The number of amides is 1. The van der Waals surface area contributed by atoms with Crippen LogP contribution in [0, 0.1) is 0 Å². The van der Waals surface area contributed by atoms with Crippen LogP contribution in [0.5, 0.6) is 0 Å². The van der Waals surface area contributed by atoms with Crippen LogP contribution in [0.1, 0.15) is 17.4 Å². The minimum Gasteiger partial charge on any atom is -0.350 e. The topological polar surface area (TPSA) is 32.3 Å². The van der Waals surface area contributed by atoms with E-state index >= 15 is 0 Å². The number of nitrogens with zero attached hydrogens (tertiary/aromatic N) is 1. The van der Waals surface area contributed by atoms with Crippen molar-refractivity contribution in [3.8, 4) is 0 Å². The summed E-state index contributed by atoms with van der Waals surface area (Å²) in [5.41, 5.74) is 1.22. The summed E-state index contributed by atoms with van der Waals surface area (Å²) in [6, 6.07) is 14.1. The predicted molar refractivity (Wildman–Crippen MR) is 83.5 cm³/mol. The van der Waals surface area contributed by atoms with E-state index in [9.17, 15) is 4.79 Å². The first-order valence-electron chi connectivity index (χ1n) is 6.71. The number of carbonyl (C=O) groups excluding carboxylic acids is 1. The van der Waals surface area contributed by atoms with Gasteiger partial charge in [0.2, 0.25) is 5.91 Å². The van der Waals surface area contributed by atoms with E-state index in [1.54, 1.807) is 11.3 Å². The molecule has 2 rings (SSSR count). The van der Waals surface area contributed by atoms with Crippen LogP contribution in [0.15, 0.2) is 47.8 Å². The van der Waals surface area contributed by atoms with Crippen molar-refractivity contribution in [2.45, 2.75) is 26.1 Å². The second kappa shape index (κ2) is 7.22. The summed E-state index contributed by atoms with van der Waals surface area (Å²) in [4.78, 5) is 15.4. The van der Waals surface area contributed by atoms with Crippen LogP contribution < -0.4 is 5.32 Å². The molecule has 0 bridgehead atoms. The second-order valence-corrected chi connectivity index (χ2v) is 5.91. The Morgan fingerprint density at radius 1 is 1.25 bits per heavy atom. The molecule has 0 saturated heterocycles. The van der Waals surface area contributed by atoms with Crippen LogP contribution in [-0.4, -0.2) is 23.9 Å². The third-order valence-electron chi connectivity index (χ3n) is 3.33. The zero-order valence-electron chi connectivity index (χ0n) is 11.9. The average molecular weight is 288 g/mol. The Morgan fingerprint density at radius 3 is 2.65 bits per heavy atom. The highest BCUT2D eigenvalue weighted by Crippen LogP contribution is 2.09. The highest BCUT2D eigenvalue weighted by molar-refractivity contribution is 7.09. The number of hydrogen-bond donors (Lipinski definition) is 1. The van der Waals surface area contributed by atoms with Gasteiger partial charge in [-0.05, 0) is 31.0 Å². The third-order valence-corrected chi connectivity index (χ3v) is 4.21. The summed E-state index contributed by atoms with van der Waals surface area (Å²) >= 11 is 1.66. The summed E-state index contributed by atoms with van der Waals surface area (Å²) in [5.74, 6) is 0.0665. The lowest BCUT2D eigenvalue weighted by molar-refractivity contribution is -0.125. The van der Waals surface area contributed by atoms with Crippen molar-refractivity contribution in [3.05, 3.63) is 58.3 Å². The minimum absolute atomic E-state index is 0.0665. The summed E-state index contributed by atoms with van der Waals surface area (Å²) in [6.07, 6.45) is 0. The summed E-state index contributed by atoms with van der Waals surface area (Å²) in [5, 5.41) is 5.00. The van der Waals surface area contributed by atoms with E-state index in [0.717, 1.165) is 6.54 Å². The Morgan fingerprint density at radius 2 is 2.00 bits per heavy atom. The minimum atomic E-state index is -0.143. The number of rotatable bonds is 6. The largest absolute Gasteiger partial charge is 0.350 e. The van der Waals surface area contributed by atoms with Crippen molar-refractivity contribution < 1.29 is 4.79 Å². The molecule has 0 aliphatic rings. The molecule has 4 heteroatoms. The smallest absolute Gasteiger partial charge is 0.237 e. The Balaban J connectivity index is 1.83. The Bertz CT molecular complexity index is 525. The predicted octanol–water partition coefficient (Wildman–Crippen LogP) is 2.88. The van der Waals surface area contributed by atoms with Gasteiger partial charge in [-0.1, -0.05) is 36.4 Å². The molecule has 1 amide bonds. The molecule has 20 heavy (non-hydrogen) atoms. The number of carbonyl (C=O) groups is 1. The van der Waals surface area contributed by atoms with Gasteiger partial charge in [0.25, 0.3) is 0 Å². The van der Waals surface area contributed by atoms with Gasteiger partial charge >= 0.3 is 0 Å². The number of nitrogens with one attached hydrogen (secondary N) is 1. The first-order chi connectivity index (χ1) is 9.66. The molecule has 0 aliphatic heterocycles. The summed E-state index contributed by atoms with van der Waals surface area (Å²) < 4.78 is 0. The molecule has 3 nitrogen and oxygen atoms in total. The first-order valence-corrected chi connectivity index (χ1v) is 7.59.